The van der Waals surface area contributed by atoms with E-state index in [9.17, 15) is 14.4 Å². The number of nitrogens with zero attached hydrogens (tertiary/aromatic N) is 1. The van der Waals surface area contributed by atoms with Crippen molar-refractivity contribution < 1.29 is 23.9 Å². The number of amides is 2. The van der Waals surface area contributed by atoms with Crippen molar-refractivity contribution in [2.24, 2.45) is 0 Å². The quantitative estimate of drug-likeness (QED) is 0.313. The van der Waals surface area contributed by atoms with Crippen LogP contribution in [0.5, 0.6) is 5.75 Å². The zero-order valence-corrected chi connectivity index (χ0v) is 17.5. The van der Waals surface area contributed by atoms with Crippen LogP contribution in [0.15, 0.2) is 42.5 Å². The number of rotatable bonds is 10. The average molecular weight is 409 g/mol. The minimum Gasteiger partial charge on any atom is -0.497 e. The molecule has 6 nitrogen and oxygen atoms in total. The normalized spacial score (nSPS) is 12.8. The van der Waals surface area contributed by atoms with Crippen LogP contribution >= 0.6 is 0 Å². The number of methoxy groups -OCH3 is 1. The maximum absolute atomic E-state index is 12.8. The predicted molar refractivity (Wildman–Crippen MR) is 114 cm³/mol. The van der Waals surface area contributed by atoms with Crippen LogP contribution in [0.4, 0.5) is 5.69 Å². The molecule has 0 saturated carbocycles. The number of hydrogen-bond donors (Lipinski definition) is 0. The monoisotopic (exact) mass is 409 g/mol. The molecule has 2 aromatic rings. The molecule has 0 atom stereocenters. The number of hydrogen-bond acceptors (Lipinski definition) is 5. The summed E-state index contributed by atoms with van der Waals surface area (Å²) in [7, 11) is 1.55. The van der Waals surface area contributed by atoms with Crippen molar-refractivity contribution in [1.29, 1.82) is 0 Å². The number of benzene rings is 2. The summed E-state index contributed by atoms with van der Waals surface area (Å²) in [5.74, 6) is -0.710. The Hall–Kier alpha value is -3.15. The van der Waals surface area contributed by atoms with E-state index in [0.29, 0.717) is 18.0 Å². The van der Waals surface area contributed by atoms with Crippen molar-refractivity contribution in [3.05, 3.63) is 59.2 Å². The van der Waals surface area contributed by atoms with E-state index in [1.807, 2.05) is 0 Å². The highest BCUT2D eigenvalue weighted by Gasteiger charge is 2.37. The second kappa shape index (κ2) is 10.1. The molecule has 0 N–H and O–H groups in total. The van der Waals surface area contributed by atoms with Crippen LogP contribution in [0.3, 0.4) is 0 Å². The Bertz CT molecular complexity index is 920. The lowest BCUT2D eigenvalue weighted by Gasteiger charge is -2.14. The number of unbranched alkanes of at least 4 members (excludes halogenated alkanes) is 5. The molecule has 0 bridgehead atoms. The van der Waals surface area contributed by atoms with Crippen LogP contribution in [0.1, 0.15) is 76.5 Å². The zero-order chi connectivity index (χ0) is 21.5. The molecule has 0 spiro atoms. The van der Waals surface area contributed by atoms with E-state index in [1.54, 1.807) is 31.4 Å². The summed E-state index contributed by atoms with van der Waals surface area (Å²) in [6.45, 7) is 2.53. The van der Waals surface area contributed by atoms with Gasteiger partial charge in [-0.2, -0.15) is 0 Å². The third-order valence-corrected chi connectivity index (χ3v) is 5.18. The Kier molecular flexibility index (Phi) is 7.22. The molecule has 1 aliphatic rings. The predicted octanol–water partition coefficient (Wildman–Crippen LogP) is 5.01. The molecular weight excluding hydrogens is 382 g/mol. The maximum Gasteiger partial charge on any atom is 0.338 e. The molecule has 0 unspecified atom stereocenters. The second-order valence-electron chi connectivity index (χ2n) is 7.31. The molecule has 6 heteroatoms. The molecule has 30 heavy (non-hydrogen) atoms. The van der Waals surface area contributed by atoms with Gasteiger partial charge in [0.25, 0.3) is 11.8 Å². The number of imide groups is 1. The van der Waals surface area contributed by atoms with Crippen LogP contribution in [0.25, 0.3) is 0 Å². The van der Waals surface area contributed by atoms with E-state index < -0.39 is 17.8 Å². The van der Waals surface area contributed by atoms with Crippen molar-refractivity contribution in [2.45, 2.75) is 45.4 Å². The lowest BCUT2D eigenvalue weighted by Crippen LogP contribution is -2.29. The Morgan fingerprint density at radius 1 is 0.867 bits per heavy atom. The van der Waals surface area contributed by atoms with E-state index in [-0.39, 0.29) is 16.7 Å². The second-order valence-corrected chi connectivity index (χ2v) is 7.31. The Morgan fingerprint density at radius 3 is 2.23 bits per heavy atom. The Labute approximate surface area is 176 Å². The third-order valence-electron chi connectivity index (χ3n) is 5.18. The van der Waals surface area contributed by atoms with Crippen molar-refractivity contribution >= 4 is 23.5 Å². The largest absolute Gasteiger partial charge is 0.497 e. The summed E-state index contributed by atoms with van der Waals surface area (Å²) in [6.07, 6.45) is 6.63. The number of carbonyl (C=O) groups excluding carboxylic acids is 3. The van der Waals surface area contributed by atoms with Crippen molar-refractivity contribution in [2.75, 3.05) is 18.6 Å². The van der Waals surface area contributed by atoms with Gasteiger partial charge in [0, 0.05) is 0 Å². The summed E-state index contributed by atoms with van der Waals surface area (Å²) >= 11 is 0. The number of carbonyl (C=O) groups is 3. The van der Waals surface area contributed by atoms with E-state index in [0.717, 1.165) is 24.2 Å². The van der Waals surface area contributed by atoms with Gasteiger partial charge in [-0.25, -0.2) is 9.69 Å². The van der Waals surface area contributed by atoms with Gasteiger partial charge in [0.1, 0.15) is 5.75 Å². The molecule has 158 valence electrons. The van der Waals surface area contributed by atoms with Crippen molar-refractivity contribution in [3.8, 4) is 5.75 Å². The average Bonchev–Trinajstić information content (AvgIpc) is 3.02. The van der Waals surface area contributed by atoms with Gasteiger partial charge >= 0.3 is 5.97 Å². The molecule has 1 heterocycles. The highest BCUT2D eigenvalue weighted by Crippen LogP contribution is 2.30. The Balaban J connectivity index is 1.64. The topological polar surface area (TPSA) is 72.9 Å². The van der Waals surface area contributed by atoms with Crippen LogP contribution < -0.4 is 9.64 Å². The van der Waals surface area contributed by atoms with E-state index in [4.69, 9.17) is 9.47 Å². The summed E-state index contributed by atoms with van der Waals surface area (Å²) in [5, 5.41) is 0. The van der Waals surface area contributed by atoms with Crippen LogP contribution in [-0.4, -0.2) is 31.5 Å². The lowest BCUT2D eigenvalue weighted by atomic mass is 10.1. The van der Waals surface area contributed by atoms with Gasteiger partial charge in [-0.1, -0.05) is 39.0 Å². The molecule has 0 aromatic heterocycles. The minimum atomic E-state index is -0.477. The number of anilines is 1. The van der Waals surface area contributed by atoms with Crippen molar-refractivity contribution in [3.63, 3.8) is 0 Å². The first kappa shape index (κ1) is 21.6. The van der Waals surface area contributed by atoms with Gasteiger partial charge in [0.15, 0.2) is 0 Å². The van der Waals surface area contributed by atoms with Gasteiger partial charge in [-0.15, -0.1) is 0 Å². The van der Waals surface area contributed by atoms with Gasteiger partial charge < -0.3 is 9.47 Å². The lowest BCUT2D eigenvalue weighted by molar-refractivity contribution is 0.0497. The van der Waals surface area contributed by atoms with E-state index >= 15 is 0 Å². The smallest absolute Gasteiger partial charge is 0.338 e. The molecule has 1 aliphatic heterocycles. The highest BCUT2D eigenvalue weighted by molar-refractivity contribution is 6.34. The first-order valence-corrected chi connectivity index (χ1v) is 10.4. The fourth-order valence-corrected chi connectivity index (χ4v) is 3.46. The molecule has 2 amide bonds. The third kappa shape index (κ3) is 4.70. The van der Waals surface area contributed by atoms with Gasteiger partial charge in [-0.05, 0) is 48.9 Å². The molecule has 0 radical (unpaired) electrons. The molecule has 2 aromatic carbocycles. The number of ether oxygens (including phenoxy) is 2. The van der Waals surface area contributed by atoms with E-state index in [1.165, 1.54) is 37.5 Å². The maximum atomic E-state index is 12.8. The summed E-state index contributed by atoms with van der Waals surface area (Å²) < 4.78 is 10.4. The summed E-state index contributed by atoms with van der Waals surface area (Å²) in [4.78, 5) is 39.0. The van der Waals surface area contributed by atoms with Gasteiger partial charge in [0.2, 0.25) is 0 Å². The van der Waals surface area contributed by atoms with Crippen LogP contribution in [0.2, 0.25) is 0 Å². The van der Waals surface area contributed by atoms with Crippen LogP contribution in [0, 0.1) is 0 Å². The molecule has 3 rings (SSSR count). The molecular formula is C24H27NO5. The molecule has 0 aliphatic carbocycles. The summed E-state index contributed by atoms with van der Waals surface area (Å²) in [6, 6.07) is 11.2. The fraction of sp³-hybridized carbons (Fsp3) is 0.375. The summed E-state index contributed by atoms with van der Waals surface area (Å²) in [5.41, 5.74) is 1.22. The standard InChI is InChI=1S/C24H27NO5/c1-3-4-5-6-7-8-15-30-24(28)17-9-14-20-21(16-17)23(27)25(22(20)26)18-10-12-19(29-2)13-11-18/h9-14,16H,3-8,15H2,1-2H3. The Morgan fingerprint density at radius 2 is 1.53 bits per heavy atom. The number of fused-ring (bicyclic) bond motifs is 1. The van der Waals surface area contributed by atoms with Gasteiger partial charge in [0.05, 0.1) is 36.1 Å². The zero-order valence-electron chi connectivity index (χ0n) is 17.5. The minimum absolute atomic E-state index is 0.213. The molecule has 0 saturated heterocycles. The van der Waals surface area contributed by atoms with Crippen LogP contribution in [-0.2, 0) is 4.74 Å². The molecule has 0 fully saturated rings. The fourth-order valence-electron chi connectivity index (χ4n) is 3.46. The highest BCUT2D eigenvalue weighted by atomic mass is 16.5. The van der Waals surface area contributed by atoms with Crippen molar-refractivity contribution in [1.82, 2.24) is 0 Å². The SMILES string of the molecule is CCCCCCCCOC(=O)c1ccc2c(c1)C(=O)N(c1ccc(OC)cc1)C2=O. The first-order chi connectivity index (χ1) is 14.6. The van der Waals surface area contributed by atoms with E-state index in [2.05, 4.69) is 6.92 Å². The van der Waals surface area contributed by atoms with Gasteiger partial charge in [-0.3, -0.25) is 9.59 Å². The first-order valence-electron chi connectivity index (χ1n) is 10.4. The number of esters is 1.